The number of carbonyl (C=O) groups is 1. The molecular formula is C17H12Cl2FN3O2. The van der Waals surface area contributed by atoms with Crippen LogP contribution in [-0.2, 0) is 4.74 Å². The van der Waals surface area contributed by atoms with Crippen molar-refractivity contribution in [2.75, 3.05) is 6.61 Å². The SMILES string of the molecule is CCOC(=O)c1n[nH]nc1-c1ccc(-c2cc(Cl)cc(Cl)c2)cc1F. The zero-order valence-corrected chi connectivity index (χ0v) is 14.5. The van der Waals surface area contributed by atoms with Crippen molar-refractivity contribution in [3.63, 3.8) is 0 Å². The fourth-order valence-corrected chi connectivity index (χ4v) is 2.89. The Morgan fingerprint density at radius 3 is 2.48 bits per heavy atom. The molecule has 3 aromatic rings. The summed E-state index contributed by atoms with van der Waals surface area (Å²) < 4.78 is 19.5. The van der Waals surface area contributed by atoms with E-state index in [1.54, 1.807) is 31.2 Å². The van der Waals surface area contributed by atoms with Crippen molar-refractivity contribution in [2.45, 2.75) is 6.92 Å². The molecule has 0 saturated heterocycles. The zero-order chi connectivity index (χ0) is 18.0. The number of hydrogen-bond donors (Lipinski definition) is 1. The second-order valence-corrected chi connectivity index (χ2v) is 5.97. The largest absolute Gasteiger partial charge is 0.461 e. The third-order valence-electron chi connectivity index (χ3n) is 3.44. The molecule has 5 nitrogen and oxygen atoms in total. The summed E-state index contributed by atoms with van der Waals surface area (Å²) in [4.78, 5) is 11.9. The molecule has 0 unspecified atom stereocenters. The first-order valence-electron chi connectivity index (χ1n) is 7.34. The van der Waals surface area contributed by atoms with Crippen LogP contribution in [0.5, 0.6) is 0 Å². The van der Waals surface area contributed by atoms with Gasteiger partial charge in [0, 0.05) is 15.6 Å². The van der Waals surface area contributed by atoms with Crippen LogP contribution in [0.4, 0.5) is 4.39 Å². The van der Waals surface area contributed by atoms with Crippen LogP contribution in [0.25, 0.3) is 22.4 Å². The molecule has 0 radical (unpaired) electrons. The van der Waals surface area contributed by atoms with Crippen LogP contribution < -0.4 is 0 Å². The minimum absolute atomic E-state index is 0.0701. The highest BCUT2D eigenvalue weighted by Crippen LogP contribution is 2.31. The summed E-state index contributed by atoms with van der Waals surface area (Å²) in [7, 11) is 0. The smallest absolute Gasteiger partial charge is 0.361 e. The van der Waals surface area contributed by atoms with Crippen molar-refractivity contribution in [2.24, 2.45) is 0 Å². The molecule has 0 aliphatic heterocycles. The number of hydrogen-bond acceptors (Lipinski definition) is 4. The molecule has 2 aromatic carbocycles. The number of nitrogens with zero attached hydrogens (tertiary/aromatic N) is 2. The van der Waals surface area contributed by atoms with Crippen molar-refractivity contribution in [1.29, 1.82) is 0 Å². The Morgan fingerprint density at radius 2 is 1.84 bits per heavy atom. The van der Waals surface area contributed by atoms with Gasteiger partial charge in [0.15, 0.2) is 5.69 Å². The molecule has 0 aliphatic carbocycles. The van der Waals surface area contributed by atoms with Gasteiger partial charge in [-0.05, 0) is 48.4 Å². The van der Waals surface area contributed by atoms with Gasteiger partial charge in [0.25, 0.3) is 0 Å². The van der Waals surface area contributed by atoms with Crippen molar-refractivity contribution in [1.82, 2.24) is 15.4 Å². The number of rotatable bonds is 4. The first-order chi connectivity index (χ1) is 12.0. The van der Waals surface area contributed by atoms with Crippen LogP contribution in [0.15, 0.2) is 36.4 Å². The van der Waals surface area contributed by atoms with E-state index in [4.69, 9.17) is 27.9 Å². The van der Waals surface area contributed by atoms with E-state index >= 15 is 0 Å². The molecule has 0 aliphatic rings. The summed E-state index contributed by atoms with van der Waals surface area (Å²) in [5.41, 5.74) is 1.42. The second kappa shape index (κ2) is 7.21. The van der Waals surface area contributed by atoms with Crippen molar-refractivity contribution in [3.05, 3.63) is 58.0 Å². The number of H-pyrrole nitrogens is 1. The van der Waals surface area contributed by atoms with Crippen molar-refractivity contribution < 1.29 is 13.9 Å². The molecule has 0 fully saturated rings. The topological polar surface area (TPSA) is 67.9 Å². The summed E-state index contributed by atoms with van der Waals surface area (Å²) in [6.45, 7) is 1.85. The van der Waals surface area contributed by atoms with Gasteiger partial charge in [-0.25, -0.2) is 9.18 Å². The highest BCUT2D eigenvalue weighted by molar-refractivity contribution is 6.35. The number of carbonyl (C=O) groups excluding carboxylic acids is 1. The van der Waals surface area contributed by atoms with Crippen molar-refractivity contribution >= 4 is 29.2 Å². The predicted molar refractivity (Wildman–Crippen MR) is 93.2 cm³/mol. The lowest BCUT2D eigenvalue weighted by molar-refractivity contribution is 0.0520. The summed E-state index contributed by atoms with van der Waals surface area (Å²) in [5, 5.41) is 10.8. The lowest BCUT2D eigenvalue weighted by atomic mass is 10.0. The minimum atomic E-state index is -0.670. The third-order valence-corrected chi connectivity index (χ3v) is 3.87. The monoisotopic (exact) mass is 379 g/mol. The van der Waals surface area contributed by atoms with E-state index in [1.807, 2.05) is 0 Å². The second-order valence-electron chi connectivity index (χ2n) is 5.09. The van der Waals surface area contributed by atoms with E-state index < -0.39 is 11.8 Å². The van der Waals surface area contributed by atoms with E-state index in [0.717, 1.165) is 0 Å². The van der Waals surface area contributed by atoms with Crippen LogP contribution in [0.3, 0.4) is 0 Å². The Kier molecular flexibility index (Phi) is 5.01. The lowest BCUT2D eigenvalue weighted by Crippen LogP contribution is -2.07. The van der Waals surface area contributed by atoms with E-state index in [2.05, 4.69) is 15.4 Å². The molecule has 8 heteroatoms. The van der Waals surface area contributed by atoms with Gasteiger partial charge < -0.3 is 4.74 Å². The molecule has 0 bridgehead atoms. The number of ether oxygens (including phenoxy) is 1. The molecule has 1 aromatic heterocycles. The first-order valence-corrected chi connectivity index (χ1v) is 8.09. The Bertz CT molecular complexity index is 923. The standard InChI is InChI=1S/C17H12Cl2FN3O2/c1-2-25-17(24)16-15(21-23-22-16)13-4-3-9(7-14(13)20)10-5-11(18)8-12(19)6-10/h3-8H,2H2,1H3,(H,21,22,23). The first kappa shape index (κ1) is 17.4. The summed E-state index contributed by atoms with van der Waals surface area (Å²) in [6.07, 6.45) is 0. The minimum Gasteiger partial charge on any atom is -0.461 e. The number of aromatic nitrogens is 3. The molecule has 1 N–H and O–H groups in total. The van der Waals surface area contributed by atoms with E-state index in [1.165, 1.54) is 12.1 Å². The van der Waals surface area contributed by atoms with E-state index in [-0.39, 0.29) is 23.6 Å². The van der Waals surface area contributed by atoms with Crippen LogP contribution in [0.1, 0.15) is 17.4 Å². The maximum atomic E-state index is 14.6. The fourth-order valence-electron chi connectivity index (χ4n) is 2.37. The Labute approximate surface area is 152 Å². The van der Waals surface area contributed by atoms with Gasteiger partial charge in [0.1, 0.15) is 11.5 Å². The van der Waals surface area contributed by atoms with Gasteiger partial charge in [0.2, 0.25) is 0 Å². The average molecular weight is 380 g/mol. The molecule has 0 saturated carbocycles. The molecule has 0 atom stereocenters. The molecule has 0 amide bonds. The van der Waals surface area contributed by atoms with Gasteiger partial charge in [-0.3, -0.25) is 0 Å². The summed E-state index contributed by atoms with van der Waals surface area (Å²) in [5.74, 6) is -1.23. The summed E-state index contributed by atoms with van der Waals surface area (Å²) >= 11 is 12.0. The predicted octanol–water partition coefficient (Wildman–Crippen LogP) is 4.76. The number of nitrogens with one attached hydrogen (secondary N) is 1. The van der Waals surface area contributed by atoms with Crippen molar-refractivity contribution in [3.8, 4) is 22.4 Å². The maximum absolute atomic E-state index is 14.6. The van der Waals surface area contributed by atoms with Crippen LogP contribution >= 0.6 is 23.2 Å². The Hall–Kier alpha value is -2.44. The Morgan fingerprint density at radius 1 is 1.12 bits per heavy atom. The van der Waals surface area contributed by atoms with Gasteiger partial charge in [0.05, 0.1) is 6.61 Å². The summed E-state index contributed by atoms with van der Waals surface area (Å²) in [6, 6.07) is 9.48. The normalized spacial score (nSPS) is 10.7. The van der Waals surface area contributed by atoms with Gasteiger partial charge >= 0.3 is 5.97 Å². The molecule has 0 spiro atoms. The van der Waals surface area contributed by atoms with E-state index in [0.29, 0.717) is 21.2 Å². The van der Waals surface area contributed by atoms with Gasteiger partial charge in [-0.1, -0.05) is 29.3 Å². The third kappa shape index (κ3) is 3.65. The Balaban J connectivity index is 2.01. The van der Waals surface area contributed by atoms with Gasteiger partial charge in [-0.15, -0.1) is 5.10 Å². The molecular weight excluding hydrogens is 368 g/mol. The van der Waals surface area contributed by atoms with Gasteiger partial charge in [-0.2, -0.15) is 10.3 Å². The lowest BCUT2D eigenvalue weighted by Gasteiger charge is -2.07. The number of benzene rings is 2. The number of aromatic amines is 1. The maximum Gasteiger partial charge on any atom is 0.361 e. The van der Waals surface area contributed by atoms with Crippen LogP contribution in [0, 0.1) is 5.82 Å². The van der Waals surface area contributed by atoms with Crippen LogP contribution in [0.2, 0.25) is 10.0 Å². The average Bonchev–Trinajstić information content (AvgIpc) is 3.03. The highest BCUT2D eigenvalue weighted by Gasteiger charge is 2.21. The van der Waals surface area contributed by atoms with E-state index in [9.17, 15) is 9.18 Å². The molecule has 128 valence electrons. The molecule has 25 heavy (non-hydrogen) atoms. The van der Waals surface area contributed by atoms with Crippen LogP contribution in [-0.4, -0.2) is 28.0 Å². The zero-order valence-electron chi connectivity index (χ0n) is 13.0. The fraction of sp³-hybridized carbons (Fsp3) is 0.118. The number of esters is 1. The number of halogens is 3. The quantitative estimate of drug-likeness (QED) is 0.663. The molecule has 1 heterocycles. The molecule has 3 rings (SSSR count). The highest BCUT2D eigenvalue weighted by atomic mass is 35.5.